The minimum Gasteiger partial charge on any atom is -1.00 e. The number of anilines is 1. The van der Waals surface area contributed by atoms with Gasteiger partial charge in [0.2, 0.25) is 0 Å². The van der Waals surface area contributed by atoms with E-state index in [4.69, 9.17) is 15.2 Å². The van der Waals surface area contributed by atoms with E-state index in [1.165, 1.54) is 0 Å². The van der Waals surface area contributed by atoms with Crippen LogP contribution in [0, 0.1) is 5.92 Å². The maximum atomic E-state index is 12.3. The first-order valence-electron chi connectivity index (χ1n) is 8.50. The lowest BCUT2D eigenvalue weighted by atomic mass is 9.94. The highest BCUT2D eigenvalue weighted by Gasteiger charge is 2.37. The van der Waals surface area contributed by atoms with Gasteiger partial charge in [-0.1, -0.05) is 6.92 Å². The van der Waals surface area contributed by atoms with Gasteiger partial charge in [0.05, 0.1) is 12.2 Å². The summed E-state index contributed by atoms with van der Waals surface area (Å²) in [5.41, 5.74) is 6.65. The maximum absolute atomic E-state index is 12.3. The molecule has 140 valence electrons. The third-order valence-electron chi connectivity index (χ3n) is 4.17. The summed E-state index contributed by atoms with van der Waals surface area (Å²) in [5, 5.41) is 0. The van der Waals surface area contributed by atoms with Gasteiger partial charge >= 0.3 is 13.4 Å². The molecule has 0 bridgehead atoms. The van der Waals surface area contributed by atoms with Crippen molar-refractivity contribution < 1.29 is 32.9 Å². The zero-order valence-corrected chi connectivity index (χ0v) is 15.5. The first kappa shape index (κ1) is 21.3. The predicted molar refractivity (Wildman–Crippen MR) is 92.6 cm³/mol. The van der Waals surface area contributed by atoms with E-state index in [1.807, 2.05) is 0 Å². The molecule has 0 amide bonds. The number of carbonyl (C=O) groups is 2. The number of likely N-dealkylation sites (tertiary alicyclic amines) is 1. The molecule has 1 aromatic rings. The van der Waals surface area contributed by atoms with Crippen molar-refractivity contribution in [2.75, 3.05) is 32.0 Å². The van der Waals surface area contributed by atoms with Crippen LogP contribution in [0.5, 0.6) is 0 Å². The van der Waals surface area contributed by atoms with E-state index < -0.39 is 18.0 Å². The Balaban J connectivity index is 0.00000312. The van der Waals surface area contributed by atoms with Crippen LogP contribution < -0.4 is 18.1 Å². The fourth-order valence-corrected chi connectivity index (χ4v) is 2.96. The van der Waals surface area contributed by atoms with Gasteiger partial charge < -0.3 is 32.5 Å². The van der Waals surface area contributed by atoms with Crippen LogP contribution in [0.25, 0.3) is 0 Å². The number of benzene rings is 1. The van der Waals surface area contributed by atoms with Crippen LogP contribution in [0.4, 0.5) is 5.69 Å². The van der Waals surface area contributed by atoms with Gasteiger partial charge in [-0.3, -0.25) is 4.79 Å². The molecule has 0 aromatic heterocycles. The molecule has 0 saturated carbocycles. The molecule has 1 aliphatic heterocycles. The summed E-state index contributed by atoms with van der Waals surface area (Å²) >= 11 is 0. The quantitative estimate of drug-likeness (QED) is 0.522. The summed E-state index contributed by atoms with van der Waals surface area (Å²) in [6.45, 7) is 6.50. The average molecular weight is 371 g/mol. The van der Waals surface area contributed by atoms with Crippen LogP contribution in [0.15, 0.2) is 24.3 Å². The van der Waals surface area contributed by atoms with Crippen molar-refractivity contribution in [1.82, 2.24) is 4.90 Å². The molecule has 1 saturated heterocycles. The normalized spacial score (nSPS) is 20.4. The van der Waals surface area contributed by atoms with Gasteiger partial charge in [-0.05, 0) is 50.6 Å². The third-order valence-corrected chi connectivity index (χ3v) is 4.17. The summed E-state index contributed by atoms with van der Waals surface area (Å²) in [6.07, 6.45) is 1.19. The summed E-state index contributed by atoms with van der Waals surface area (Å²) in [5.74, 6) is -1.17. The van der Waals surface area contributed by atoms with E-state index in [1.54, 1.807) is 31.2 Å². The minimum atomic E-state index is -0.456. The fraction of sp³-hybridized carbons (Fsp3) is 0.556. The van der Waals surface area contributed by atoms with Crippen molar-refractivity contribution in [3.05, 3.63) is 29.8 Å². The van der Waals surface area contributed by atoms with Crippen LogP contribution in [0.2, 0.25) is 0 Å². The number of hydrogen-bond donors (Lipinski definition) is 1. The van der Waals surface area contributed by atoms with E-state index in [-0.39, 0.29) is 19.8 Å². The largest absolute Gasteiger partial charge is 1.00 e. The zero-order valence-electron chi connectivity index (χ0n) is 15.7. The highest BCUT2D eigenvalue weighted by atomic mass is 35.5. The van der Waals surface area contributed by atoms with Crippen molar-refractivity contribution in [3.8, 4) is 0 Å². The molecule has 0 aliphatic carbocycles. The van der Waals surface area contributed by atoms with E-state index in [0.29, 0.717) is 30.8 Å². The summed E-state index contributed by atoms with van der Waals surface area (Å²) in [6, 6.07) is 6.57. The molecule has 0 radical (unpaired) electrons. The lowest BCUT2D eigenvalue weighted by Crippen LogP contribution is -3.00. The van der Waals surface area contributed by atoms with Crippen molar-refractivity contribution in [1.29, 1.82) is 0 Å². The minimum absolute atomic E-state index is 0. The Morgan fingerprint density at radius 1 is 1.28 bits per heavy atom. The van der Waals surface area contributed by atoms with Gasteiger partial charge in [0.15, 0.2) is 0 Å². The molecular weight excluding hydrogens is 344 g/mol. The van der Waals surface area contributed by atoms with Gasteiger partial charge in [0.1, 0.15) is 12.0 Å². The van der Waals surface area contributed by atoms with Crippen LogP contribution in [-0.2, 0) is 14.3 Å². The Kier molecular flexibility index (Phi) is 8.72. The molecule has 1 fully saturated rings. The van der Waals surface area contributed by atoms with Crippen molar-refractivity contribution >= 4 is 17.6 Å². The molecule has 2 rings (SSSR count). The first-order valence-corrected chi connectivity index (χ1v) is 8.50. The van der Waals surface area contributed by atoms with Crippen LogP contribution in [0.1, 0.15) is 38.5 Å². The molecule has 6 nitrogen and oxygen atoms in total. The smallest absolute Gasteiger partial charge is 1.00 e. The third kappa shape index (κ3) is 5.90. The molecule has 2 N–H and O–H groups in total. The maximum Gasteiger partial charge on any atom is 1.00 e. The number of piperidine rings is 1. The van der Waals surface area contributed by atoms with Crippen LogP contribution in [0.3, 0.4) is 0 Å². The molecule has 1 aliphatic rings. The monoisotopic (exact) mass is 370 g/mol. The number of rotatable bonds is 6. The average Bonchev–Trinajstić information content (AvgIpc) is 2.57. The second-order valence-electron chi connectivity index (χ2n) is 6.01. The second-order valence-corrected chi connectivity index (χ2v) is 6.01. The molecule has 1 aromatic carbocycles. The molecule has 2 atom stereocenters. The Hall–Kier alpha value is -1.79. The molecule has 2 unspecified atom stereocenters. The Bertz CT molecular complexity index is 571. The van der Waals surface area contributed by atoms with Crippen LogP contribution in [-0.4, -0.2) is 49.2 Å². The Morgan fingerprint density at radius 3 is 2.56 bits per heavy atom. The van der Waals surface area contributed by atoms with Gasteiger partial charge in [-0.2, -0.15) is 0 Å². The number of nitrogens with two attached hydrogens (primary N) is 1. The molecule has 7 heteroatoms. The number of hydrogen-bond acceptors (Lipinski definition) is 6. The van der Waals surface area contributed by atoms with E-state index >= 15 is 0 Å². The number of ether oxygens (including phenoxy) is 2. The number of nitrogens with zero attached hydrogens (tertiary/aromatic N) is 1. The Morgan fingerprint density at radius 2 is 1.96 bits per heavy atom. The molecule has 1 heterocycles. The van der Waals surface area contributed by atoms with Crippen molar-refractivity contribution in [3.63, 3.8) is 0 Å². The summed E-state index contributed by atoms with van der Waals surface area (Å²) in [7, 11) is 0. The van der Waals surface area contributed by atoms with E-state index in [2.05, 4.69) is 11.8 Å². The molecular formula is C18H27ClN2O4. The number of halogens is 1. The fourth-order valence-electron chi connectivity index (χ4n) is 2.96. The van der Waals surface area contributed by atoms with E-state index in [0.717, 1.165) is 19.5 Å². The van der Waals surface area contributed by atoms with Gasteiger partial charge in [0.25, 0.3) is 0 Å². The SMILES string of the molecule is CCCN1CCC(OC(=O)c2ccc(N)cc2)C(C(=O)OCC)C1.[Cl-].[H+]. The van der Waals surface area contributed by atoms with Gasteiger partial charge in [-0.15, -0.1) is 0 Å². The lowest BCUT2D eigenvalue weighted by molar-refractivity contribution is -0.155. The van der Waals surface area contributed by atoms with Crippen LogP contribution >= 0.6 is 0 Å². The second kappa shape index (κ2) is 10.3. The van der Waals surface area contributed by atoms with Crippen molar-refractivity contribution in [2.24, 2.45) is 5.92 Å². The van der Waals surface area contributed by atoms with Gasteiger partial charge in [0, 0.05) is 18.8 Å². The number of nitrogen functional groups attached to an aromatic ring is 1. The zero-order chi connectivity index (χ0) is 17.5. The molecule has 25 heavy (non-hydrogen) atoms. The van der Waals surface area contributed by atoms with E-state index in [9.17, 15) is 9.59 Å². The summed E-state index contributed by atoms with van der Waals surface area (Å²) < 4.78 is 10.8. The van der Waals surface area contributed by atoms with Crippen molar-refractivity contribution in [2.45, 2.75) is 32.8 Å². The topological polar surface area (TPSA) is 81.9 Å². The van der Waals surface area contributed by atoms with Gasteiger partial charge in [-0.25, -0.2) is 4.79 Å². The standard InChI is InChI=1S/C18H26N2O4.ClH/c1-3-10-20-11-9-16(15(12-20)18(22)23-4-2)24-17(21)13-5-7-14(19)8-6-13;/h5-8,15-16H,3-4,9-12,19H2,1-2H3;1H. The highest BCUT2D eigenvalue weighted by Crippen LogP contribution is 2.23. The number of esters is 2. The number of carbonyl (C=O) groups excluding carboxylic acids is 2. The summed E-state index contributed by atoms with van der Waals surface area (Å²) in [4.78, 5) is 26.8. The predicted octanol–water partition coefficient (Wildman–Crippen LogP) is -0.794. The first-order chi connectivity index (χ1) is 11.5. The Labute approximate surface area is 156 Å². The molecule has 0 spiro atoms. The lowest BCUT2D eigenvalue weighted by Gasteiger charge is -2.36. The highest BCUT2D eigenvalue weighted by molar-refractivity contribution is 5.90.